The van der Waals surface area contributed by atoms with Crippen LogP contribution in [0.1, 0.15) is 47.5 Å². The molecule has 28 heavy (non-hydrogen) atoms. The number of halogens is 1. The number of ketones is 1. The highest BCUT2D eigenvalue weighted by atomic mass is 35.5. The second kappa shape index (κ2) is 7.24. The number of Topliss-reactive ketones (excluding diaryl/α,β-unsaturated/α-hetero) is 1. The van der Waals surface area contributed by atoms with Crippen LogP contribution in [0.25, 0.3) is 0 Å². The number of carbonyl (C=O) groups excluding carboxylic acids is 2. The van der Waals surface area contributed by atoms with Gasteiger partial charge < -0.3 is 5.11 Å². The van der Waals surface area contributed by atoms with Crippen molar-refractivity contribution in [1.82, 2.24) is 0 Å². The van der Waals surface area contributed by atoms with E-state index in [2.05, 4.69) is 0 Å². The van der Waals surface area contributed by atoms with E-state index < -0.39 is 5.97 Å². The molecule has 1 aliphatic heterocycles. The summed E-state index contributed by atoms with van der Waals surface area (Å²) in [5.74, 6) is -1.45. The summed E-state index contributed by atoms with van der Waals surface area (Å²) in [5.41, 5.74) is 2.83. The molecule has 1 aliphatic carbocycles. The Morgan fingerprint density at radius 1 is 1.07 bits per heavy atom. The minimum Gasteiger partial charge on any atom is -0.478 e. The van der Waals surface area contributed by atoms with Gasteiger partial charge in [0.1, 0.15) is 0 Å². The van der Waals surface area contributed by atoms with E-state index in [1.807, 2.05) is 12.1 Å². The van der Waals surface area contributed by atoms with Crippen molar-refractivity contribution < 1.29 is 19.5 Å². The van der Waals surface area contributed by atoms with Crippen LogP contribution in [0.5, 0.6) is 0 Å². The third kappa shape index (κ3) is 3.22. The molecule has 0 radical (unpaired) electrons. The molecule has 142 valence electrons. The van der Waals surface area contributed by atoms with Crippen LogP contribution in [0.2, 0.25) is 5.02 Å². The maximum absolute atomic E-state index is 13.1. The van der Waals surface area contributed by atoms with Gasteiger partial charge in [-0.2, -0.15) is 0 Å². The summed E-state index contributed by atoms with van der Waals surface area (Å²) >= 11 is 5.99. The van der Waals surface area contributed by atoms with Crippen molar-refractivity contribution in [3.63, 3.8) is 0 Å². The van der Waals surface area contributed by atoms with Gasteiger partial charge in [-0.3, -0.25) is 14.5 Å². The van der Waals surface area contributed by atoms with Crippen molar-refractivity contribution in [3.8, 4) is 0 Å². The summed E-state index contributed by atoms with van der Waals surface area (Å²) in [5, 5.41) is 9.88. The third-order valence-electron chi connectivity index (χ3n) is 5.30. The molecule has 0 spiro atoms. The van der Waals surface area contributed by atoms with Crippen molar-refractivity contribution >= 4 is 34.9 Å². The van der Waals surface area contributed by atoms with Gasteiger partial charge in [0.25, 0.3) is 0 Å². The lowest BCUT2D eigenvalue weighted by Crippen LogP contribution is -2.40. The summed E-state index contributed by atoms with van der Waals surface area (Å²) in [7, 11) is 0. The van der Waals surface area contributed by atoms with Gasteiger partial charge in [0.05, 0.1) is 5.56 Å². The predicted octanol–water partition coefficient (Wildman–Crippen LogP) is 4.57. The van der Waals surface area contributed by atoms with E-state index in [9.17, 15) is 19.5 Å². The van der Waals surface area contributed by atoms with Crippen molar-refractivity contribution in [1.29, 1.82) is 0 Å². The third-order valence-corrected chi connectivity index (χ3v) is 5.55. The number of rotatable bonds is 3. The molecule has 0 bridgehead atoms. The highest BCUT2D eigenvalue weighted by Gasteiger charge is 2.39. The van der Waals surface area contributed by atoms with E-state index in [4.69, 9.17) is 11.6 Å². The van der Waals surface area contributed by atoms with Crippen LogP contribution < -0.4 is 4.90 Å². The van der Waals surface area contributed by atoms with E-state index in [0.717, 1.165) is 5.56 Å². The van der Waals surface area contributed by atoms with Crippen LogP contribution in [0, 0.1) is 0 Å². The summed E-state index contributed by atoms with van der Waals surface area (Å²) in [6, 6.07) is 13.5. The molecular formula is C22H18ClNO4. The van der Waals surface area contributed by atoms with Crippen LogP contribution in [0.4, 0.5) is 5.69 Å². The highest BCUT2D eigenvalue weighted by Crippen LogP contribution is 2.43. The minimum absolute atomic E-state index is 0.0492. The lowest BCUT2D eigenvalue weighted by Gasteiger charge is -2.38. The summed E-state index contributed by atoms with van der Waals surface area (Å²) in [6.45, 7) is 0. The average Bonchev–Trinajstić information content (AvgIpc) is 2.68. The quantitative estimate of drug-likeness (QED) is 0.826. The number of amides is 1. The zero-order chi connectivity index (χ0) is 19.8. The Morgan fingerprint density at radius 2 is 1.82 bits per heavy atom. The molecule has 4 rings (SSSR count). The first-order valence-electron chi connectivity index (χ1n) is 9.13. The molecule has 0 unspecified atom stereocenters. The maximum Gasteiger partial charge on any atom is 0.335 e. The molecule has 0 saturated carbocycles. The first kappa shape index (κ1) is 18.4. The van der Waals surface area contributed by atoms with Crippen LogP contribution in [-0.4, -0.2) is 22.8 Å². The average molecular weight is 396 g/mol. The normalized spacial score (nSPS) is 19.6. The fraction of sp³-hybridized carbons (Fsp3) is 0.227. The molecule has 6 heteroatoms. The van der Waals surface area contributed by atoms with Gasteiger partial charge >= 0.3 is 5.97 Å². The van der Waals surface area contributed by atoms with Gasteiger partial charge in [-0.1, -0.05) is 29.8 Å². The predicted molar refractivity (Wildman–Crippen MR) is 106 cm³/mol. The fourth-order valence-corrected chi connectivity index (χ4v) is 4.18. The molecule has 2 aromatic rings. The standard InChI is InChI=1S/C22H18ClNO4/c23-15-9-7-13(8-10-15)17-12-20(26)24(18-5-2-6-19(25)21(17)18)16-4-1-3-14(11-16)22(27)28/h1,3-4,7-11,17H,2,5-6,12H2,(H,27,28)/t17-/m1/s1. The number of aromatic carboxylic acids is 1. The highest BCUT2D eigenvalue weighted by molar-refractivity contribution is 6.30. The molecule has 1 N–H and O–H groups in total. The van der Waals surface area contributed by atoms with Crippen molar-refractivity contribution in [2.24, 2.45) is 0 Å². The second-order valence-corrected chi connectivity index (χ2v) is 7.47. The molecule has 0 saturated heterocycles. The largest absolute Gasteiger partial charge is 0.478 e. The molecule has 1 amide bonds. The zero-order valence-corrected chi connectivity index (χ0v) is 15.8. The monoisotopic (exact) mass is 395 g/mol. The lowest BCUT2D eigenvalue weighted by molar-refractivity contribution is -0.119. The van der Waals surface area contributed by atoms with Gasteiger partial charge in [-0.15, -0.1) is 0 Å². The lowest BCUT2D eigenvalue weighted by atomic mass is 9.77. The van der Waals surface area contributed by atoms with E-state index in [-0.39, 0.29) is 29.6 Å². The van der Waals surface area contributed by atoms with Crippen LogP contribution in [-0.2, 0) is 9.59 Å². The van der Waals surface area contributed by atoms with E-state index in [1.165, 1.54) is 17.0 Å². The molecule has 1 atom stereocenters. The molecule has 5 nitrogen and oxygen atoms in total. The first-order chi connectivity index (χ1) is 13.5. The van der Waals surface area contributed by atoms with E-state index in [0.29, 0.717) is 41.2 Å². The Kier molecular flexibility index (Phi) is 4.77. The molecule has 0 fully saturated rings. The van der Waals surface area contributed by atoms with Crippen LogP contribution in [0.3, 0.4) is 0 Å². The number of carboxylic acid groups (broad SMARTS) is 1. The van der Waals surface area contributed by atoms with E-state index >= 15 is 0 Å². The van der Waals surface area contributed by atoms with Gasteiger partial charge in [0.2, 0.25) is 5.91 Å². The smallest absolute Gasteiger partial charge is 0.335 e. The maximum atomic E-state index is 13.1. The van der Waals surface area contributed by atoms with Gasteiger partial charge in [-0.05, 0) is 48.7 Å². The summed E-state index contributed by atoms with van der Waals surface area (Å²) in [4.78, 5) is 38.8. The van der Waals surface area contributed by atoms with E-state index in [1.54, 1.807) is 24.3 Å². The number of hydrogen-bond donors (Lipinski definition) is 1. The number of carbonyl (C=O) groups is 3. The number of allylic oxidation sites excluding steroid dienone is 2. The SMILES string of the molecule is O=C1CCCC2=C1[C@@H](c1ccc(Cl)cc1)CC(=O)N2c1cccc(C(=O)O)c1. The first-order valence-corrected chi connectivity index (χ1v) is 9.51. The topological polar surface area (TPSA) is 74.7 Å². The van der Waals surface area contributed by atoms with Crippen molar-refractivity contribution in [2.45, 2.75) is 31.6 Å². The van der Waals surface area contributed by atoms with Crippen molar-refractivity contribution in [3.05, 3.63) is 76.0 Å². The van der Waals surface area contributed by atoms with Gasteiger partial charge in [0.15, 0.2) is 5.78 Å². The number of hydrogen-bond acceptors (Lipinski definition) is 3. The summed E-state index contributed by atoms with van der Waals surface area (Å²) < 4.78 is 0. The van der Waals surface area contributed by atoms with Gasteiger partial charge in [-0.25, -0.2) is 4.79 Å². The minimum atomic E-state index is -1.06. The van der Waals surface area contributed by atoms with Crippen LogP contribution in [0.15, 0.2) is 59.8 Å². The Bertz CT molecular complexity index is 1010. The number of anilines is 1. The second-order valence-electron chi connectivity index (χ2n) is 7.03. The van der Waals surface area contributed by atoms with Crippen molar-refractivity contribution in [2.75, 3.05) is 4.90 Å². The Labute approximate surface area is 167 Å². The summed E-state index contributed by atoms with van der Waals surface area (Å²) in [6.07, 6.45) is 1.89. The Hall–Kier alpha value is -2.92. The zero-order valence-electron chi connectivity index (χ0n) is 15.0. The number of nitrogens with zero attached hydrogens (tertiary/aromatic N) is 1. The fourth-order valence-electron chi connectivity index (χ4n) is 4.05. The Balaban J connectivity index is 1.84. The Morgan fingerprint density at radius 3 is 2.54 bits per heavy atom. The molecule has 2 aliphatic rings. The molecular weight excluding hydrogens is 378 g/mol. The molecule has 0 aromatic heterocycles. The van der Waals surface area contributed by atoms with Gasteiger partial charge in [0, 0.05) is 40.7 Å². The number of benzene rings is 2. The van der Waals surface area contributed by atoms with Crippen LogP contribution >= 0.6 is 11.6 Å². The molecule has 1 heterocycles. The molecule has 2 aromatic carbocycles. The number of carboxylic acids is 1.